The zero-order valence-electron chi connectivity index (χ0n) is 10.7. The number of carbonyl (C=O) groups is 1. The number of amidine groups is 1. The molecule has 0 atom stereocenters. The van der Waals surface area contributed by atoms with Crippen molar-refractivity contribution in [3.8, 4) is 0 Å². The van der Waals surface area contributed by atoms with Crippen molar-refractivity contribution in [1.29, 1.82) is 0 Å². The van der Waals surface area contributed by atoms with Gasteiger partial charge >= 0.3 is 11.7 Å². The van der Waals surface area contributed by atoms with Gasteiger partial charge in [-0.15, -0.1) is 0 Å². The standard InChI is InChI=1S/C14H19N2O/c1-10(2)7-8-12-11(3)15-13-6-4-5-9-16(13)14(12)17/h4-5,9-10H,6-8H2,1-3H3/q+1. The minimum atomic E-state index is 0.109. The summed E-state index contributed by atoms with van der Waals surface area (Å²) in [6.07, 6.45) is 8.36. The van der Waals surface area contributed by atoms with Crippen molar-refractivity contribution in [1.82, 2.24) is 0 Å². The predicted molar refractivity (Wildman–Crippen MR) is 69.3 cm³/mol. The molecule has 0 saturated carbocycles. The average molecular weight is 231 g/mol. The maximum absolute atomic E-state index is 12.3. The summed E-state index contributed by atoms with van der Waals surface area (Å²) in [5.74, 6) is 1.57. The van der Waals surface area contributed by atoms with Crippen LogP contribution in [0.4, 0.5) is 0 Å². The van der Waals surface area contributed by atoms with Crippen LogP contribution in [0.25, 0.3) is 0 Å². The Morgan fingerprint density at radius 1 is 1.47 bits per heavy atom. The first kappa shape index (κ1) is 12.0. The zero-order valence-corrected chi connectivity index (χ0v) is 10.7. The molecular weight excluding hydrogens is 212 g/mol. The number of hydrogen-bond acceptors (Lipinski definition) is 2. The maximum Gasteiger partial charge on any atom is 0.345 e. The molecule has 2 rings (SSSR count). The molecule has 90 valence electrons. The van der Waals surface area contributed by atoms with Crippen molar-refractivity contribution >= 4 is 18.0 Å². The summed E-state index contributed by atoms with van der Waals surface area (Å²) in [6.45, 7) is 6.29. The molecule has 17 heavy (non-hydrogen) atoms. The molecule has 0 saturated heterocycles. The van der Waals surface area contributed by atoms with E-state index >= 15 is 0 Å². The number of rotatable bonds is 3. The Balaban J connectivity index is 2.27. The Kier molecular flexibility index (Phi) is 3.36. The number of aliphatic imine (C=N–C) groups is 1. The Labute approximate surface area is 102 Å². The molecule has 0 aromatic heterocycles. The Bertz CT molecular complexity index is 465. The van der Waals surface area contributed by atoms with Gasteiger partial charge < -0.3 is 0 Å². The van der Waals surface area contributed by atoms with Gasteiger partial charge in [0.25, 0.3) is 0 Å². The first-order valence-electron chi connectivity index (χ1n) is 6.20. The van der Waals surface area contributed by atoms with E-state index in [0.29, 0.717) is 5.92 Å². The largest absolute Gasteiger partial charge is 0.345 e. The van der Waals surface area contributed by atoms with Crippen molar-refractivity contribution in [2.45, 2.75) is 40.0 Å². The molecule has 0 aromatic carbocycles. The molecule has 0 radical (unpaired) electrons. The third-order valence-corrected chi connectivity index (χ3v) is 3.13. The van der Waals surface area contributed by atoms with E-state index in [1.807, 2.05) is 25.3 Å². The molecule has 0 aromatic rings. The van der Waals surface area contributed by atoms with E-state index in [1.54, 1.807) is 4.58 Å². The Morgan fingerprint density at radius 2 is 2.24 bits per heavy atom. The van der Waals surface area contributed by atoms with E-state index in [2.05, 4.69) is 18.8 Å². The SMILES string of the molecule is CC1=C(CCC(C)C)C(=O)[N+]2=CC=CCC2=N1. The molecule has 2 aliphatic rings. The second-order valence-corrected chi connectivity index (χ2v) is 4.98. The highest BCUT2D eigenvalue weighted by Crippen LogP contribution is 2.22. The van der Waals surface area contributed by atoms with E-state index in [4.69, 9.17) is 0 Å². The lowest BCUT2D eigenvalue weighted by molar-refractivity contribution is -0.333. The van der Waals surface area contributed by atoms with Crippen LogP contribution in [0.2, 0.25) is 0 Å². The van der Waals surface area contributed by atoms with Gasteiger partial charge in [0.1, 0.15) is 0 Å². The minimum Gasteiger partial charge on any atom is -0.241 e. The number of allylic oxidation sites excluding steroid dienone is 2. The number of nitrogens with zero attached hydrogens (tertiary/aromatic N) is 2. The van der Waals surface area contributed by atoms with E-state index in [1.165, 1.54) is 0 Å². The van der Waals surface area contributed by atoms with Gasteiger partial charge in [-0.1, -0.05) is 19.9 Å². The van der Waals surface area contributed by atoms with Crippen LogP contribution >= 0.6 is 0 Å². The lowest BCUT2D eigenvalue weighted by atomic mass is 9.99. The van der Waals surface area contributed by atoms with Crippen LogP contribution in [0.3, 0.4) is 0 Å². The third kappa shape index (κ3) is 2.43. The molecule has 2 heterocycles. The van der Waals surface area contributed by atoms with E-state index < -0.39 is 0 Å². The molecular formula is C14H19N2O+. The zero-order chi connectivity index (χ0) is 12.4. The summed E-state index contributed by atoms with van der Waals surface area (Å²) in [5.41, 5.74) is 1.76. The number of hydrogen-bond donors (Lipinski definition) is 0. The fourth-order valence-electron chi connectivity index (χ4n) is 2.07. The van der Waals surface area contributed by atoms with Crippen LogP contribution in [0, 0.1) is 5.92 Å². The van der Waals surface area contributed by atoms with Crippen LogP contribution in [0.15, 0.2) is 28.4 Å². The van der Waals surface area contributed by atoms with Crippen LogP contribution in [-0.4, -0.2) is 22.5 Å². The summed E-state index contributed by atoms with van der Waals surface area (Å²) < 4.78 is 1.68. The molecule has 0 bridgehead atoms. The van der Waals surface area contributed by atoms with Gasteiger partial charge in [0.15, 0.2) is 5.70 Å². The van der Waals surface area contributed by atoms with Gasteiger partial charge in [-0.05, 0) is 29.8 Å². The van der Waals surface area contributed by atoms with Gasteiger partial charge in [0.2, 0.25) is 0 Å². The van der Waals surface area contributed by atoms with Crippen molar-refractivity contribution in [3.63, 3.8) is 0 Å². The third-order valence-electron chi connectivity index (χ3n) is 3.13. The lowest BCUT2D eigenvalue weighted by Crippen LogP contribution is -2.34. The highest BCUT2D eigenvalue weighted by atomic mass is 16.2. The topological polar surface area (TPSA) is 32.4 Å². The lowest BCUT2D eigenvalue weighted by Gasteiger charge is -2.14. The van der Waals surface area contributed by atoms with E-state index in [9.17, 15) is 4.79 Å². The smallest absolute Gasteiger partial charge is 0.241 e. The molecule has 0 fully saturated rings. The van der Waals surface area contributed by atoms with Crippen molar-refractivity contribution in [2.24, 2.45) is 10.9 Å². The highest BCUT2D eigenvalue weighted by Gasteiger charge is 2.33. The minimum absolute atomic E-state index is 0.109. The van der Waals surface area contributed by atoms with Crippen LogP contribution < -0.4 is 0 Å². The van der Waals surface area contributed by atoms with Gasteiger partial charge in [0, 0.05) is 6.92 Å². The van der Waals surface area contributed by atoms with Gasteiger partial charge in [-0.3, -0.25) is 0 Å². The predicted octanol–water partition coefficient (Wildman–Crippen LogP) is 2.68. The number of amides is 1. The summed E-state index contributed by atoms with van der Waals surface area (Å²) in [7, 11) is 0. The first-order chi connectivity index (χ1) is 8.09. The van der Waals surface area contributed by atoms with Crippen molar-refractivity contribution in [3.05, 3.63) is 23.4 Å². The fourth-order valence-corrected chi connectivity index (χ4v) is 2.07. The Hall–Kier alpha value is -1.51. The monoisotopic (exact) mass is 231 g/mol. The second kappa shape index (κ2) is 4.78. The highest BCUT2D eigenvalue weighted by molar-refractivity contribution is 6.03. The van der Waals surface area contributed by atoms with Crippen LogP contribution in [0.5, 0.6) is 0 Å². The quantitative estimate of drug-likeness (QED) is 0.687. The van der Waals surface area contributed by atoms with Gasteiger partial charge in [0.05, 0.1) is 18.2 Å². The second-order valence-electron chi connectivity index (χ2n) is 4.98. The summed E-state index contributed by atoms with van der Waals surface area (Å²) in [4.78, 5) is 16.8. The number of fused-ring (bicyclic) bond motifs is 1. The fraction of sp³-hybridized carbons (Fsp3) is 0.500. The van der Waals surface area contributed by atoms with Gasteiger partial charge in [-0.25, -0.2) is 4.79 Å². The molecule has 1 amide bonds. The van der Waals surface area contributed by atoms with Crippen LogP contribution in [-0.2, 0) is 4.79 Å². The molecule has 0 aliphatic carbocycles. The molecule has 2 aliphatic heterocycles. The first-order valence-corrected chi connectivity index (χ1v) is 6.20. The van der Waals surface area contributed by atoms with E-state index in [0.717, 1.165) is 36.4 Å². The molecule has 0 N–H and O–H groups in total. The molecule has 0 unspecified atom stereocenters. The molecule has 3 heteroatoms. The van der Waals surface area contributed by atoms with Crippen molar-refractivity contribution < 1.29 is 9.37 Å². The van der Waals surface area contributed by atoms with Crippen molar-refractivity contribution in [2.75, 3.05) is 0 Å². The number of carbonyl (C=O) groups excluding carboxylic acids is 1. The average Bonchev–Trinajstić information content (AvgIpc) is 2.28. The Morgan fingerprint density at radius 3 is 2.94 bits per heavy atom. The maximum atomic E-state index is 12.3. The van der Waals surface area contributed by atoms with Gasteiger partial charge in [-0.2, -0.15) is 4.58 Å². The molecule has 3 nitrogen and oxygen atoms in total. The van der Waals surface area contributed by atoms with Crippen LogP contribution in [0.1, 0.15) is 40.0 Å². The normalized spacial score (nSPS) is 19.4. The summed E-state index contributed by atoms with van der Waals surface area (Å²) >= 11 is 0. The van der Waals surface area contributed by atoms with E-state index in [-0.39, 0.29) is 5.91 Å². The summed E-state index contributed by atoms with van der Waals surface area (Å²) in [6, 6.07) is 0. The molecule has 0 spiro atoms. The summed E-state index contributed by atoms with van der Waals surface area (Å²) in [5, 5.41) is 0.